The number of carboxylic acid groups (broad SMARTS) is 1. The van der Waals surface area contributed by atoms with Gasteiger partial charge >= 0.3 is 5.97 Å². The van der Waals surface area contributed by atoms with Crippen molar-refractivity contribution in [3.8, 4) is 10.6 Å². The van der Waals surface area contributed by atoms with Crippen LogP contribution in [-0.4, -0.2) is 53.0 Å². The number of aromatic nitrogens is 3. The molecular formula is C12H15N3O4S. The van der Waals surface area contributed by atoms with Crippen LogP contribution in [0.15, 0.2) is 17.5 Å². The number of carbonyl (C=O) groups is 1. The van der Waals surface area contributed by atoms with E-state index in [-0.39, 0.29) is 5.69 Å². The predicted octanol–water partition coefficient (Wildman–Crippen LogP) is 1.37. The largest absolute Gasteiger partial charge is 0.476 e. The van der Waals surface area contributed by atoms with Crippen molar-refractivity contribution in [3.63, 3.8) is 0 Å². The lowest BCUT2D eigenvalue weighted by molar-refractivity contribution is 0.0653. The Labute approximate surface area is 119 Å². The zero-order chi connectivity index (χ0) is 14.4. The molecule has 2 aromatic heterocycles. The maximum atomic E-state index is 11.2. The van der Waals surface area contributed by atoms with Gasteiger partial charge in [-0.3, -0.25) is 0 Å². The van der Waals surface area contributed by atoms with Crippen LogP contribution in [0.3, 0.4) is 0 Å². The molecule has 0 spiro atoms. The molecule has 108 valence electrons. The highest BCUT2D eigenvalue weighted by Gasteiger charge is 2.20. The molecule has 0 radical (unpaired) electrons. The van der Waals surface area contributed by atoms with Gasteiger partial charge < -0.3 is 14.6 Å². The Morgan fingerprint density at radius 3 is 2.95 bits per heavy atom. The van der Waals surface area contributed by atoms with Crippen molar-refractivity contribution in [3.05, 3.63) is 23.2 Å². The minimum atomic E-state index is -1.08. The Morgan fingerprint density at radius 2 is 2.30 bits per heavy atom. The molecule has 0 atom stereocenters. The van der Waals surface area contributed by atoms with E-state index in [0.29, 0.717) is 32.1 Å². The molecule has 20 heavy (non-hydrogen) atoms. The summed E-state index contributed by atoms with van der Waals surface area (Å²) in [7, 11) is 1.61. The smallest absolute Gasteiger partial charge is 0.358 e. The van der Waals surface area contributed by atoms with E-state index >= 15 is 0 Å². The Bertz CT molecular complexity index is 553. The minimum absolute atomic E-state index is 0.0376. The van der Waals surface area contributed by atoms with Crippen LogP contribution >= 0.6 is 11.3 Å². The van der Waals surface area contributed by atoms with Crippen LogP contribution in [0.1, 0.15) is 10.5 Å². The lowest BCUT2D eigenvalue weighted by atomic mass is 10.2. The lowest BCUT2D eigenvalue weighted by Gasteiger charge is -2.06. The van der Waals surface area contributed by atoms with Gasteiger partial charge in [0.1, 0.15) is 5.69 Å². The molecule has 1 N–H and O–H groups in total. The number of rotatable bonds is 8. The number of carboxylic acids is 1. The molecule has 0 saturated carbocycles. The average molecular weight is 297 g/mol. The summed E-state index contributed by atoms with van der Waals surface area (Å²) in [5, 5.41) is 18.7. The molecule has 2 aromatic rings. The first kappa shape index (κ1) is 14.6. The van der Waals surface area contributed by atoms with Gasteiger partial charge in [-0.15, -0.1) is 16.4 Å². The third-order valence-corrected chi connectivity index (χ3v) is 3.45. The van der Waals surface area contributed by atoms with Crippen molar-refractivity contribution in [1.82, 2.24) is 15.0 Å². The standard InChI is InChI=1S/C12H15N3O4S/c1-18-6-7-19-5-4-15-11(9-3-2-8-20-9)10(12(16)17)13-14-15/h2-3,8H,4-7H2,1H3,(H,16,17). The molecule has 0 aliphatic rings. The molecule has 2 rings (SSSR count). The second-order valence-electron chi connectivity index (χ2n) is 3.90. The van der Waals surface area contributed by atoms with Gasteiger partial charge in [-0.05, 0) is 11.4 Å². The van der Waals surface area contributed by atoms with Crippen molar-refractivity contribution in [2.45, 2.75) is 6.54 Å². The van der Waals surface area contributed by atoms with Crippen molar-refractivity contribution in [1.29, 1.82) is 0 Å². The number of nitrogens with zero attached hydrogens (tertiary/aromatic N) is 3. The molecule has 0 unspecified atom stereocenters. The molecule has 0 bridgehead atoms. The lowest BCUT2D eigenvalue weighted by Crippen LogP contribution is -2.11. The summed E-state index contributed by atoms with van der Waals surface area (Å²) in [4.78, 5) is 12.0. The first-order chi connectivity index (χ1) is 9.74. The quantitative estimate of drug-likeness (QED) is 0.741. The summed E-state index contributed by atoms with van der Waals surface area (Å²) in [6.45, 7) is 1.88. The number of thiophene rings is 1. The van der Waals surface area contributed by atoms with Gasteiger partial charge in [-0.2, -0.15) is 0 Å². The summed E-state index contributed by atoms with van der Waals surface area (Å²) in [6, 6.07) is 3.70. The number of aromatic carboxylic acids is 1. The molecule has 7 nitrogen and oxygen atoms in total. The molecule has 0 aromatic carbocycles. The van der Waals surface area contributed by atoms with Gasteiger partial charge in [0.05, 0.1) is 31.2 Å². The van der Waals surface area contributed by atoms with E-state index in [0.717, 1.165) is 4.88 Å². The highest BCUT2D eigenvalue weighted by molar-refractivity contribution is 7.13. The fourth-order valence-corrected chi connectivity index (χ4v) is 2.44. The highest BCUT2D eigenvalue weighted by atomic mass is 32.1. The summed E-state index contributed by atoms with van der Waals surface area (Å²) in [6.07, 6.45) is 0. The molecule has 8 heteroatoms. The number of methoxy groups -OCH3 is 1. The average Bonchev–Trinajstić information content (AvgIpc) is 3.06. The van der Waals surface area contributed by atoms with Crippen molar-refractivity contribution >= 4 is 17.3 Å². The fourth-order valence-electron chi connectivity index (χ4n) is 1.67. The first-order valence-corrected chi connectivity index (χ1v) is 6.89. The minimum Gasteiger partial charge on any atom is -0.476 e. The van der Waals surface area contributed by atoms with E-state index in [1.165, 1.54) is 11.3 Å². The van der Waals surface area contributed by atoms with Crippen molar-refractivity contribution in [2.24, 2.45) is 0 Å². The Balaban J connectivity index is 2.11. The normalized spacial score (nSPS) is 10.8. The van der Waals surface area contributed by atoms with Crippen LogP contribution in [0.2, 0.25) is 0 Å². The van der Waals surface area contributed by atoms with E-state index in [4.69, 9.17) is 14.6 Å². The van der Waals surface area contributed by atoms with Gasteiger partial charge in [0, 0.05) is 7.11 Å². The summed E-state index contributed by atoms with van der Waals surface area (Å²) in [5.41, 5.74) is 0.479. The summed E-state index contributed by atoms with van der Waals surface area (Å²) < 4.78 is 11.8. The van der Waals surface area contributed by atoms with E-state index in [2.05, 4.69) is 10.3 Å². The van der Waals surface area contributed by atoms with Crippen LogP contribution in [0.25, 0.3) is 10.6 Å². The van der Waals surface area contributed by atoms with Gasteiger partial charge in [0.15, 0.2) is 5.69 Å². The van der Waals surface area contributed by atoms with Gasteiger partial charge in [0.2, 0.25) is 0 Å². The number of hydrogen-bond donors (Lipinski definition) is 1. The summed E-state index contributed by atoms with van der Waals surface area (Å²) in [5.74, 6) is -1.08. The van der Waals surface area contributed by atoms with E-state index in [1.807, 2.05) is 17.5 Å². The topological polar surface area (TPSA) is 86.5 Å². The van der Waals surface area contributed by atoms with Gasteiger partial charge in [-0.1, -0.05) is 11.3 Å². The number of ether oxygens (including phenoxy) is 2. The molecule has 0 amide bonds. The number of hydrogen-bond acceptors (Lipinski definition) is 6. The Hall–Kier alpha value is -1.77. The van der Waals surface area contributed by atoms with Crippen molar-refractivity contribution in [2.75, 3.05) is 26.9 Å². The van der Waals surface area contributed by atoms with Crippen LogP contribution in [-0.2, 0) is 16.0 Å². The SMILES string of the molecule is COCCOCCn1nnc(C(=O)O)c1-c1cccs1. The third-order valence-electron chi connectivity index (χ3n) is 2.57. The second-order valence-corrected chi connectivity index (χ2v) is 4.85. The van der Waals surface area contributed by atoms with Gasteiger partial charge in [0.25, 0.3) is 0 Å². The Kier molecular flexibility index (Phi) is 5.22. The molecule has 2 heterocycles. The molecule has 0 saturated heterocycles. The van der Waals surface area contributed by atoms with Crippen molar-refractivity contribution < 1.29 is 19.4 Å². The fraction of sp³-hybridized carbons (Fsp3) is 0.417. The Morgan fingerprint density at radius 1 is 1.45 bits per heavy atom. The van der Waals surface area contributed by atoms with E-state index in [9.17, 15) is 4.79 Å². The maximum absolute atomic E-state index is 11.2. The zero-order valence-electron chi connectivity index (χ0n) is 11.0. The monoisotopic (exact) mass is 297 g/mol. The molecule has 0 aliphatic carbocycles. The second kappa shape index (κ2) is 7.13. The van der Waals surface area contributed by atoms with Crippen LogP contribution in [0, 0.1) is 0 Å². The van der Waals surface area contributed by atoms with Crippen LogP contribution in [0.5, 0.6) is 0 Å². The van der Waals surface area contributed by atoms with Crippen LogP contribution < -0.4 is 0 Å². The molecule has 0 fully saturated rings. The van der Waals surface area contributed by atoms with Crippen LogP contribution in [0.4, 0.5) is 0 Å². The molecular weight excluding hydrogens is 282 g/mol. The summed E-state index contributed by atoms with van der Waals surface area (Å²) >= 11 is 1.45. The maximum Gasteiger partial charge on any atom is 0.358 e. The predicted molar refractivity (Wildman–Crippen MR) is 73.0 cm³/mol. The highest BCUT2D eigenvalue weighted by Crippen LogP contribution is 2.26. The first-order valence-electron chi connectivity index (χ1n) is 6.01. The molecule has 0 aliphatic heterocycles. The van der Waals surface area contributed by atoms with E-state index in [1.54, 1.807) is 11.8 Å². The van der Waals surface area contributed by atoms with E-state index < -0.39 is 5.97 Å². The van der Waals surface area contributed by atoms with Gasteiger partial charge in [-0.25, -0.2) is 9.48 Å². The third kappa shape index (κ3) is 3.41. The zero-order valence-corrected chi connectivity index (χ0v) is 11.8.